The molecule has 0 bridgehead atoms. The van der Waals surface area contributed by atoms with Crippen LogP contribution in [0.1, 0.15) is 18.9 Å². The first-order valence-corrected chi connectivity index (χ1v) is 5.88. The average molecular weight is 285 g/mol. The van der Waals surface area contributed by atoms with E-state index < -0.39 is 6.10 Å². The highest BCUT2D eigenvalue weighted by Gasteiger charge is 2.17. The molecule has 1 aromatic heterocycles. The standard InChI is InChI=1S/C12H13ClN2O4/c1-6(16)12-14-11(15-19-12)7-4-8(13)10(18-3)9(5-7)17-2/h4-6,16H,1-3H3/t6-/m0/s1. The monoisotopic (exact) mass is 284 g/mol. The maximum absolute atomic E-state index is 9.35. The normalized spacial score (nSPS) is 12.3. The van der Waals surface area contributed by atoms with Gasteiger partial charge in [0.2, 0.25) is 5.82 Å². The summed E-state index contributed by atoms with van der Waals surface area (Å²) in [5.41, 5.74) is 0.610. The van der Waals surface area contributed by atoms with Gasteiger partial charge in [-0.2, -0.15) is 4.98 Å². The predicted molar refractivity (Wildman–Crippen MR) is 68.5 cm³/mol. The van der Waals surface area contributed by atoms with E-state index in [1.165, 1.54) is 14.2 Å². The van der Waals surface area contributed by atoms with Crippen molar-refractivity contribution in [3.63, 3.8) is 0 Å². The van der Waals surface area contributed by atoms with Gasteiger partial charge in [0.05, 0.1) is 19.2 Å². The maximum Gasteiger partial charge on any atom is 0.255 e. The van der Waals surface area contributed by atoms with Crippen molar-refractivity contribution in [2.75, 3.05) is 14.2 Å². The average Bonchev–Trinajstić information content (AvgIpc) is 2.87. The molecule has 102 valence electrons. The summed E-state index contributed by atoms with van der Waals surface area (Å²) in [6, 6.07) is 3.32. The SMILES string of the molecule is COc1cc(-c2noc([C@H](C)O)n2)cc(Cl)c1OC. The van der Waals surface area contributed by atoms with Crippen molar-refractivity contribution in [2.24, 2.45) is 0 Å². The third kappa shape index (κ3) is 2.64. The van der Waals surface area contributed by atoms with Gasteiger partial charge in [0.25, 0.3) is 5.89 Å². The van der Waals surface area contributed by atoms with E-state index in [2.05, 4.69) is 10.1 Å². The highest BCUT2D eigenvalue weighted by molar-refractivity contribution is 6.32. The number of ether oxygens (including phenoxy) is 2. The summed E-state index contributed by atoms with van der Waals surface area (Å²) in [6.45, 7) is 1.54. The minimum absolute atomic E-state index is 0.140. The lowest BCUT2D eigenvalue weighted by Gasteiger charge is -2.10. The van der Waals surface area contributed by atoms with Crippen molar-refractivity contribution in [2.45, 2.75) is 13.0 Å². The fourth-order valence-corrected chi connectivity index (χ4v) is 1.86. The minimum atomic E-state index is -0.822. The highest BCUT2D eigenvalue weighted by atomic mass is 35.5. The van der Waals surface area contributed by atoms with E-state index in [0.717, 1.165) is 0 Å². The van der Waals surface area contributed by atoms with Crippen LogP contribution in [0.5, 0.6) is 11.5 Å². The molecule has 0 amide bonds. The lowest BCUT2D eigenvalue weighted by atomic mass is 10.2. The summed E-state index contributed by atoms with van der Waals surface area (Å²) in [5, 5.41) is 13.5. The minimum Gasteiger partial charge on any atom is -0.493 e. The molecule has 1 heterocycles. The summed E-state index contributed by atoms with van der Waals surface area (Å²) in [7, 11) is 3.01. The van der Waals surface area contributed by atoms with Gasteiger partial charge >= 0.3 is 0 Å². The molecule has 0 radical (unpaired) electrons. The molecule has 1 atom stereocenters. The molecule has 0 unspecified atom stereocenters. The lowest BCUT2D eigenvalue weighted by molar-refractivity contribution is 0.152. The Hall–Kier alpha value is -1.79. The first kappa shape index (κ1) is 13.6. The number of methoxy groups -OCH3 is 2. The first-order chi connectivity index (χ1) is 9.06. The van der Waals surface area contributed by atoms with Gasteiger partial charge in [0, 0.05) is 5.56 Å². The van der Waals surface area contributed by atoms with E-state index in [1.54, 1.807) is 19.1 Å². The second-order valence-electron chi connectivity index (χ2n) is 3.83. The Bertz CT molecular complexity index is 583. The van der Waals surface area contributed by atoms with Gasteiger partial charge in [-0.15, -0.1) is 0 Å². The second kappa shape index (κ2) is 5.46. The van der Waals surface area contributed by atoms with E-state index in [9.17, 15) is 5.11 Å². The van der Waals surface area contributed by atoms with Gasteiger partial charge in [-0.3, -0.25) is 0 Å². The largest absolute Gasteiger partial charge is 0.493 e. The number of halogens is 1. The van der Waals surface area contributed by atoms with Crippen molar-refractivity contribution in [3.8, 4) is 22.9 Å². The number of rotatable bonds is 4. The first-order valence-electron chi connectivity index (χ1n) is 5.50. The van der Waals surface area contributed by atoms with Crippen LogP contribution in [-0.2, 0) is 0 Å². The molecule has 6 nitrogen and oxygen atoms in total. The topological polar surface area (TPSA) is 77.6 Å². The summed E-state index contributed by atoms with van der Waals surface area (Å²) < 4.78 is 15.3. The van der Waals surface area contributed by atoms with Crippen molar-refractivity contribution in [1.82, 2.24) is 10.1 Å². The summed E-state index contributed by atoms with van der Waals surface area (Å²) >= 11 is 6.09. The third-order valence-electron chi connectivity index (χ3n) is 2.49. The van der Waals surface area contributed by atoms with Crippen LogP contribution in [0.15, 0.2) is 16.7 Å². The molecule has 1 N–H and O–H groups in total. The van der Waals surface area contributed by atoms with Crippen LogP contribution in [0.25, 0.3) is 11.4 Å². The maximum atomic E-state index is 9.35. The van der Waals surface area contributed by atoms with Gasteiger partial charge in [-0.25, -0.2) is 0 Å². The fraction of sp³-hybridized carbons (Fsp3) is 0.333. The second-order valence-corrected chi connectivity index (χ2v) is 4.23. The number of benzene rings is 1. The summed E-state index contributed by atoms with van der Waals surface area (Å²) in [6.07, 6.45) is -0.822. The Morgan fingerprint density at radius 3 is 2.58 bits per heavy atom. The number of aliphatic hydroxyl groups excluding tert-OH is 1. The van der Waals surface area contributed by atoms with Crippen LogP contribution in [0.3, 0.4) is 0 Å². The van der Waals surface area contributed by atoms with Gasteiger partial charge in [-0.05, 0) is 19.1 Å². The zero-order chi connectivity index (χ0) is 14.0. The Labute approximate surface area is 114 Å². The Kier molecular flexibility index (Phi) is 3.92. The Morgan fingerprint density at radius 1 is 1.32 bits per heavy atom. The molecular weight excluding hydrogens is 272 g/mol. The van der Waals surface area contributed by atoms with E-state index in [-0.39, 0.29) is 5.89 Å². The molecule has 0 saturated heterocycles. The number of hydrogen-bond donors (Lipinski definition) is 1. The van der Waals surface area contributed by atoms with Crippen molar-refractivity contribution in [1.29, 1.82) is 0 Å². The van der Waals surface area contributed by atoms with Crippen molar-refractivity contribution < 1.29 is 19.1 Å². The number of aliphatic hydroxyl groups is 1. The van der Waals surface area contributed by atoms with E-state index >= 15 is 0 Å². The molecular formula is C12H13ClN2O4. The van der Waals surface area contributed by atoms with Gasteiger partial charge < -0.3 is 19.1 Å². The molecule has 0 aliphatic rings. The molecule has 0 saturated carbocycles. The molecule has 19 heavy (non-hydrogen) atoms. The number of aromatic nitrogens is 2. The fourth-order valence-electron chi connectivity index (χ4n) is 1.57. The van der Waals surface area contributed by atoms with E-state index in [1.807, 2.05) is 0 Å². The van der Waals surface area contributed by atoms with Crippen LogP contribution in [0.4, 0.5) is 0 Å². The van der Waals surface area contributed by atoms with Crippen LogP contribution in [0, 0.1) is 0 Å². The van der Waals surface area contributed by atoms with Gasteiger partial charge in [-0.1, -0.05) is 16.8 Å². The zero-order valence-electron chi connectivity index (χ0n) is 10.7. The molecule has 7 heteroatoms. The quantitative estimate of drug-likeness (QED) is 0.929. The van der Waals surface area contributed by atoms with Crippen molar-refractivity contribution >= 4 is 11.6 Å². The van der Waals surface area contributed by atoms with Gasteiger partial charge in [0.15, 0.2) is 11.5 Å². The lowest BCUT2D eigenvalue weighted by Crippen LogP contribution is -1.93. The van der Waals surface area contributed by atoms with Crippen LogP contribution >= 0.6 is 11.6 Å². The molecule has 0 aliphatic heterocycles. The highest BCUT2D eigenvalue weighted by Crippen LogP contribution is 2.38. The van der Waals surface area contributed by atoms with Crippen molar-refractivity contribution in [3.05, 3.63) is 23.0 Å². The molecule has 1 aromatic carbocycles. The molecule has 0 aliphatic carbocycles. The molecule has 2 aromatic rings. The van der Waals surface area contributed by atoms with Crippen LogP contribution < -0.4 is 9.47 Å². The number of hydrogen-bond acceptors (Lipinski definition) is 6. The number of nitrogens with zero attached hydrogens (tertiary/aromatic N) is 2. The molecule has 2 rings (SSSR count). The molecule has 0 spiro atoms. The Morgan fingerprint density at radius 2 is 2.05 bits per heavy atom. The summed E-state index contributed by atoms with van der Waals surface area (Å²) in [4.78, 5) is 4.07. The van der Waals surface area contributed by atoms with Crippen LogP contribution in [0.2, 0.25) is 5.02 Å². The predicted octanol–water partition coefficient (Wildman–Crippen LogP) is 2.46. The zero-order valence-corrected chi connectivity index (χ0v) is 11.4. The van der Waals surface area contributed by atoms with Gasteiger partial charge in [0.1, 0.15) is 6.10 Å². The smallest absolute Gasteiger partial charge is 0.255 e. The van der Waals surface area contributed by atoms with Crippen LogP contribution in [-0.4, -0.2) is 29.5 Å². The molecule has 0 fully saturated rings. The van der Waals surface area contributed by atoms with E-state index in [0.29, 0.717) is 27.9 Å². The summed E-state index contributed by atoms with van der Waals surface area (Å²) in [5.74, 6) is 1.36. The van der Waals surface area contributed by atoms with E-state index in [4.69, 9.17) is 25.6 Å². The third-order valence-corrected chi connectivity index (χ3v) is 2.77. The Balaban J connectivity index is 2.47.